The van der Waals surface area contributed by atoms with Crippen LogP contribution in [0.3, 0.4) is 0 Å². The SMILES string of the molecule is CNC(=O)c1cccc(C(=O)Cc2c(C)c(C)c(C)c(C)c2C)c1. The highest BCUT2D eigenvalue weighted by molar-refractivity contribution is 6.01. The minimum atomic E-state index is -0.181. The average Bonchev–Trinajstić information content (AvgIpc) is 2.61. The highest BCUT2D eigenvalue weighted by atomic mass is 16.1. The normalized spacial score (nSPS) is 10.6. The lowest BCUT2D eigenvalue weighted by molar-refractivity contribution is 0.0963. The third kappa shape index (κ3) is 3.25. The van der Waals surface area contributed by atoms with Crippen molar-refractivity contribution < 1.29 is 9.59 Å². The Balaban J connectivity index is 2.40. The first-order valence-electron chi connectivity index (χ1n) is 8.19. The van der Waals surface area contributed by atoms with E-state index in [9.17, 15) is 9.59 Å². The van der Waals surface area contributed by atoms with E-state index in [2.05, 4.69) is 39.9 Å². The van der Waals surface area contributed by atoms with Gasteiger partial charge in [0.15, 0.2) is 5.78 Å². The Hall–Kier alpha value is -2.42. The van der Waals surface area contributed by atoms with E-state index in [1.54, 1.807) is 31.3 Å². The molecule has 0 aromatic heterocycles. The van der Waals surface area contributed by atoms with Gasteiger partial charge in [0.05, 0.1) is 0 Å². The van der Waals surface area contributed by atoms with Crippen LogP contribution in [0.2, 0.25) is 0 Å². The standard InChI is InChI=1S/C21H25NO2/c1-12-13(2)15(4)19(16(5)14(12)3)11-20(23)17-8-7-9-18(10-17)21(24)22-6/h7-10H,11H2,1-6H3,(H,22,24). The second-order valence-electron chi connectivity index (χ2n) is 6.36. The van der Waals surface area contributed by atoms with Crippen LogP contribution in [-0.2, 0) is 6.42 Å². The minimum Gasteiger partial charge on any atom is -0.355 e. The van der Waals surface area contributed by atoms with E-state index in [4.69, 9.17) is 0 Å². The summed E-state index contributed by atoms with van der Waals surface area (Å²) in [5.41, 5.74) is 8.35. The van der Waals surface area contributed by atoms with Crippen molar-refractivity contribution in [2.75, 3.05) is 7.05 Å². The smallest absolute Gasteiger partial charge is 0.251 e. The Labute approximate surface area is 144 Å². The summed E-state index contributed by atoms with van der Waals surface area (Å²) in [6.07, 6.45) is 0.358. The molecule has 3 nitrogen and oxygen atoms in total. The van der Waals surface area contributed by atoms with E-state index in [0.29, 0.717) is 17.5 Å². The Morgan fingerprint density at radius 3 is 1.88 bits per heavy atom. The molecule has 0 saturated carbocycles. The summed E-state index contributed by atoms with van der Waals surface area (Å²) in [5.74, 6) is -0.145. The summed E-state index contributed by atoms with van der Waals surface area (Å²) >= 11 is 0. The monoisotopic (exact) mass is 323 g/mol. The molecule has 2 aromatic carbocycles. The molecule has 0 spiro atoms. The lowest BCUT2D eigenvalue weighted by Gasteiger charge is -2.18. The van der Waals surface area contributed by atoms with Crippen molar-refractivity contribution in [1.82, 2.24) is 5.32 Å². The molecule has 1 amide bonds. The predicted octanol–water partition coefficient (Wildman–Crippen LogP) is 4.01. The maximum Gasteiger partial charge on any atom is 0.251 e. The van der Waals surface area contributed by atoms with Crippen molar-refractivity contribution in [1.29, 1.82) is 0 Å². The summed E-state index contributed by atoms with van der Waals surface area (Å²) in [7, 11) is 1.58. The van der Waals surface area contributed by atoms with Gasteiger partial charge in [0, 0.05) is 24.6 Å². The largest absolute Gasteiger partial charge is 0.355 e. The van der Waals surface area contributed by atoms with Crippen molar-refractivity contribution in [3.05, 3.63) is 68.8 Å². The van der Waals surface area contributed by atoms with Gasteiger partial charge in [0.25, 0.3) is 5.91 Å². The van der Waals surface area contributed by atoms with Crippen LogP contribution in [0.15, 0.2) is 24.3 Å². The lowest BCUT2D eigenvalue weighted by atomic mass is 9.86. The summed E-state index contributed by atoms with van der Waals surface area (Å²) in [4.78, 5) is 24.5. The van der Waals surface area contributed by atoms with Crippen LogP contribution >= 0.6 is 0 Å². The molecule has 1 N–H and O–H groups in total. The molecule has 0 heterocycles. The Morgan fingerprint density at radius 2 is 1.33 bits per heavy atom. The van der Waals surface area contributed by atoms with Gasteiger partial charge in [0.1, 0.15) is 0 Å². The third-order valence-electron chi connectivity index (χ3n) is 5.17. The summed E-state index contributed by atoms with van der Waals surface area (Å²) < 4.78 is 0. The van der Waals surface area contributed by atoms with Gasteiger partial charge >= 0.3 is 0 Å². The Morgan fingerprint density at radius 1 is 0.833 bits per heavy atom. The minimum absolute atomic E-state index is 0.0367. The number of carbonyl (C=O) groups excluding carboxylic acids is 2. The first-order valence-corrected chi connectivity index (χ1v) is 8.19. The van der Waals surface area contributed by atoms with Crippen LogP contribution in [0.5, 0.6) is 0 Å². The summed E-state index contributed by atoms with van der Waals surface area (Å²) in [5, 5.41) is 2.59. The first-order chi connectivity index (χ1) is 11.3. The molecule has 24 heavy (non-hydrogen) atoms. The fourth-order valence-corrected chi connectivity index (χ4v) is 3.08. The average molecular weight is 323 g/mol. The van der Waals surface area contributed by atoms with E-state index in [0.717, 1.165) is 5.56 Å². The fraction of sp³-hybridized carbons (Fsp3) is 0.333. The second kappa shape index (κ2) is 7.00. The van der Waals surface area contributed by atoms with Crippen molar-refractivity contribution in [2.24, 2.45) is 0 Å². The highest BCUT2D eigenvalue weighted by Crippen LogP contribution is 2.27. The Kier molecular flexibility index (Phi) is 5.23. The molecular formula is C21H25NO2. The lowest BCUT2D eigenvalue weighted by Crippen LogP contribution is -2.18. The zero-order valence-corrected chi connectivity index (χ0v) is 15.3. The van der Waals surface area contributed by atoms with Gasteiger partial charge in [-0.05, 0) is 80.1 Å². The number of carbonyl (C=O) groups is 2. The molecule has 2 rings (SSSR count). The van der Waals surface area contributed by atoms with Gasteiger partial charge in [-0.15, -0.1) is 0 Å². The number of rotatable bonds is 4. The van der Waals surface area contributed by atoms with E-state index in [1.807, 2.05) is 0 Å². The molecule has 0 saturated heterocycles. The molecule has 0 atom stereocenters. The van der Waals surface area contributed by atoms with Gasteiger partial charge in [-0.1, -0.05) is 12.1 Å². The number of hydrogen-bond donors (Lipinski definition) is 1. The van der Waals surface area contributed by atoms with Crippen LogP contribution in [0.25, 0.3) is 0 Å². The Bertz CT molecular complexity index is 790. The number of benzene rings is 2. The van der Waals surface area contributed by atoms with Crippen LogP contribution in [0, 0.1) is 34.6 Å². The molecule has 0 unspecified atom stereocenters. The van der Waals surface area contributed by atoms with Crippen molar-refractivity contribution >= 4 is 11.7 Å². The molecule has 0 fully saturated rings. The molecule has 0 bridgehead atoms. The van der Waals surface area contributed by atoms with Gasteiger partial charge in [-0.3, -0.25) is 9.59 Å². The van der Waals surface area contributed by atoms with E-state index in [1.165, 1.54) is 27.8 Å². The third-order valence-corrected chi connectivity index (χ3v) is 5.17. The quantitative estimate of drug-likeness (QED) is 0.864. The van der Waals surface area contributed by atoms with E-state index >= 15 is 0 Å². The number of amides is 1. The van der Waals surface area contributed by atoms with Gasteiger partial charge in [-0.2, -0.15) is 0 Å². The molecular weight excluding hydrogens is 298 g/mol. The fourth-order valence-electron chi connectivity index (χ4n) is 3.08. The summed E-state index contributed by atoms with van der Waals surface area (Å²) in [6, 6.07) is 6.91. The maximum atomic E-state index is 12.8. The van der Waals surface area contributed by atoms with E-state index < -0.39 is 0 Å². The molecule has 126 valence electrons. The number of nitrogens with one attached hydrogen (secondary N) is 1. The van der Waals surface area contributed by atoms with Crippen LogP contribution in [-0.4, -0.2) is 18.7 Å². The molecule has 0 aliphatic heterocycles. The number of ketones is 1. The molecule has 2 aromatic rings. The zero-order chi connectivity index (χ0) is 18.0. The molecule has 0 aliphatic rings. The number of Topliss-reactive ketones (excluding diaryl/α,β-unsaturated/α-hetero) is 1. The highest BCUT2D eigenvalue weighted by Gasteiger charge is 2.16. The zero-order valence-electron chi connectivity index (χ0n) is 15.3. The second-order valence-corrected chi connectivity index (χ2v) is 6.36. The van der Waals surface area contributed by atoms with Gasteiger partial charge < -0.3 is 5.32 Å². The molecule has 3 heteroatoms. The van der Waals surface area contributed by atoms with E-state index in [-0.39, 0.29) is 11.7 Å². The number of hydrogen-bond acceptors (Lipinski definition) is 2. The first kappa shape index (κ1) is 17.9. The van der Waals surface area contributed by atoms with Gasteiger partial charge in [-0.25, -0.2) is 0 Å². The van der Waals surface area contributed by atoms with Crippen LogP contribution < -0.4 is 5.32 Å². The van der Waals surface area contributed by atoms with Crippen molar-refractivity contribution in [2.45, 2.75) is 41.0 Å². The topological polar surface area (TPSA) is 46.2 Å². The predicted molar refractivity (Wildman–Crippen MR) is 98.0 cm³/mol. The molecule has 0 aliphatic carbocycles. The molecule has 0 radical (unpaired) electrons. The van der Waals surface area contributed by atoms with Crippen molar-refractivity contribution in [3.63, 3.8) is 0 Å². The maximum absolute atomic E-state index is 12.8. The van der Waals surface area contributed by atoms with Crippen LogP contribution in [0.1, 0.15) is 54.1 Å². The van der Waals surface area contributed by atoms with Crippen molar-refractivity contribution in [3.8, 4) is 0 Å². The van der Waals surface area contributed by atoms with Gasteiger partial charge in [0.2, 0.25) is 0 Å². The summed E-state index contributed by atoms with van der Waals surface area (Å²) in [6.45, 7) is 10.5. The van der Waals surface area contributed by atoms with Crippen LogP contribution in [0.4, 0.5) is 0 Å².